The Morgan fingerprint density at radius 2 is 1.18 bits per heavy atom. The van der Waals surface area contributed by atoms with Gasteiger partial charge in [0.05, 0.1) is 22.8 Å². The van der Waals surface area contributed by atoms with Crippen molar-refractivity contribution in [1.29, 1.82) is 0 Å². The molecule has 3 nitrogen and oxygen atoms in total. The Balaban J connectivity index is 1.18. The van der Waals surface area contributed by atoms with Crippen LogP contribution >= 0.6 is 0 Å². The molecule has 0 spiro atoms. The zero-order chi connectivity index (χ0) is 32.7. The number of para-hydroxylation sites is 2. The van der Waals surface area contributed by atoms with Crippen molar-refractivity contribution in [2.45, 2.75) is 19.3 Å². The number of furan rings is 1. The van der Waals surface area contributed by atoms with Crippen molar-refractivity contribution in [2.75, 3.05) is 4.90 Å². The fraction of sp³-hybridized carbons (Fsp3) is 0.0652. The van der Waals surface area contributed by atoms with Crippen molar-refractivity contribution in [3.05, 3.63) is 169 Å². The Labute approximate surface area is 284 Å². The van der Waals surface area contributed by atoms with Crippen LogP contribution in [0.2, 0.25) is 0 Å². The second-order valence-electron chi connectivity index (χ2n) is 13.6. The number of nitrogens with zero attached hydrogens (tertiary/aromatic N) is 2. The zero-order valence-electron chi connectivity index (χ0n) is 27.3. The molecule has 2 aromatic heterocycles. The number of hydrogen-bond acceptors (Lipinski definition) is 3. The van der Waals surface area contributed by atoms with Gasteiger partial charge in [0.15, 0.2) is 0 Å². The van der Waals surface area contributed by atoms with E-state index in [1.54, 1.807) is 0 Å². The van der Waals surface area contributed by atoms with Crippen LogP contribution in [-0.2, 0) is 5.41 Å². The molecule has 0 unspecified atom stereocenters. The molecule has 232 valence electrons. The lowest BCUT2D eigenvalue weighted by molar-refractivity contribution is 0.632. The first-order valence-corrected chi connectivity index (χ1v) is 16.9. The molecule has 1 aliphatic rings. The van der Waals surface area contributed by atoms with Gasteiger partial charge in [-0.1, -0.05) is 123 Å². The molecule has 0 atom stereocenters. The molecule has 0 bridgehead atoms. The standard InChI is InChI=1S/C46H32N2O/c1-46(2)37-16-8-10-18-40(37)48(41-19-11-9-17-38(41)46)32-23-20-30(21-24-32)39-28-36-34(44(47-39)31-13-4-3-5-14-31)26-27-42-43(36)35-25-22-29-12-6-7-15-33(29)45(35)49-42/h3-28H,1-2H3. The molecule has 0 radical (unpaired) electrons. The number of hydrogen-bond donors (Lipinski definition) is 0. The maximum Gasteiger partial charge on any atom is 0.143 e. The van der Waals surface area contributed by atoms with Gasteiger partial charge in [-0.05, 0) is 70.4 Å². The lowest BCUT2D eigenvalue weighted by Crippen LogP contribution is -2.30. The summed E-state index contributed by atoms with van der Waals surface area (Å²) < 4.78 is 6.59. The highest BCUT2D eigenvalue weighted by atomic mass is 16.3. The Kier molecular flexibility index (Phi) is 5.92. The predicted octanol–water partition coefficient (Wildman–Crippen LogP) is 12.7. The van der Waals surface area contributed by atoms with Crippen LogP contribution in [0.4, 0.5) is 17.1 Å². The lowest BCUT2D eigenvalue weighted by atomic mass is 9.73. The van der Waals surface area contributed by atoms with E-state index in [1.807, 2.05) is 0 Å². The van der Waals surface area contributed by atoms with E-state index in [0.717, 1.165) is 66.3 Å². The Hall–Kier alpha value is -6.19. The third kappa shape index (κ3) is 4.12. The van der Waals surface area contributed by atoms with Gasteiger partial charge in [0.25, 0.3) is 0 Å². The monoisotopic (exact) mass is 628 g/mol. The van der Waals surface area contributed by atoms with Gasteiger partial charge in [-0.3, -0.25) is 0 Å². The summed E-state index contributed by atoms with van der Waals surface area (Å²) in [6.45, 7) is 4.65. The van der Waals surface area contributed by atoms with Crippen LogP contribution in [0.25, 0.3) is 66.0 Å². The summed E-state index contributed by atoms with van der Waals surface area (Å²) in [6, 6.07) is 56.3. The minimum atomic E-state index is -0.0959. The molecule has 0 N–H and O–H groups in total. The fourth-order valence-electron chi connectivity index (χ4n) is 8.02. The van der Waals surface area contributed by atoms with Crippen molar-refractivity contribution < 1.29 is 4.42 Å². The maximum absolute atomic E-state index is 6.59. The van der Waals surface area contributed by atoms with Crippen molar-refractivity contribution in [3.63, 3.8) is 0 Å². The highest BCUT2D eigenvalue weighted by Crippen LogP contribution is 2.52. The number of aromatic nitrogens is 1. The number of anilines is 3. The van der Waals surface area contributed by atoms with Gasteiger partial charge in [-0.25, -0.2) is 4.98 Å². The summed E-state index contributed by atoms with van der Waals surface area (Å²) in [4.78, 5) is 7.75. The highest BCUT2D eigenvalue weighted by molar-refractivity contribution is 6.24. The normalized spacial score (nSPS) is 13.6. The van der Waals surface area contributed by atoms with Gasteiger partial charge in [0.2, 0.25) is 0 Å². The van der Waals surface area contributed by atoms with E-state index in [2.05, 4.69) is 176 Å². The van der Waals surface area contributed by atoms with Crippen molar-refractivity contribution in [1.82, 2.24) is 4.98 Å². The van der Waals surface area contributed by atoms with Gasteiger partial charge in [0.1, 0.15) is 11.2 Å². The van der Waals surface area contributed by atoms with Crippen LogP contribution in [0, 0.1) is 0 Å². The van der Waals surface area contributed by atoms with Crippen LogP contribution in [0.15, 0.2) is 162 Å². The largest absolute Gasteiger partial charge is 0.455 e. The van der Waals surface area contributed by atoms with Gasteiger partial charge in [0, 0.05) is 43.8 Å². The van der Waals surface area contributed by atoms with E-state index < -0.39 is 0 Å². The summed E-state index contributed by atoms with van der Waals surface area (Å²) in [5, 5.41) is 6.80. The SMILES string of the molecule is CC1(C)c2ccccc2N(c2ccc(-c3cc4c(ccc5oc6c7ccccc7ccc6c54)c(-c4ccccc4)n3)cc2)c2ccccc21. The average molecular weight is 629 g/mol. The van der Waals surface area contributed by atoms with E-state index in [-0.39, 0.29) is 5.41 Å². The average Bonchev–Trinajstić information content (AvgIpc) is 3.55. The van der Waals surface area contributed by atoms with Gasteiger partial charge in [-0.15, -0.1) is 0 Å². The molecular weight excluding hydrogens is 597 g/mol. The summed E-state index contributed by atoms with van der Waals surface area (Å²) in [7, 11) is 0. The predicted molar refractivity (Wildman–Crippen MR) is 204 cm³/mol. The van der Waals surface area contributed by atoms with E-state index in [4.69, 9.17) is 9.40 Å². The summed E-state index contributed by atoms with van der Waals surface area (Å²) in [5.41, 5.74) is 12.0. The third-order valence-electron chi connectivity index (χ3n) is 10.4. The van der Waals surface area contributed by atoms with Crippen LogP contribution < -0.4 is 4.90 Å². The quantitative estimate of drug-likeness (QED) is 0.195. The lowest BCUT2D eigenvalue weighted by Gasteiger charge is -2.42. The van der Waals surface area contributed by atoms with Crippen molar-refractivity contribution in [3.8, 4) is 22.5 Å². The molecule has 3 heterocycles. The zero-order valence-corrected chi connectivity index (χ0v) is 27.3. The Morgan fingerprint density at radius 3 is 1.94 bits per heavy atom. The van der Waals surface area contributed by atoms with E-state index in [1.165, 1.54) is 27.9 Å². The van der Waals surface area contributed by atoms with Gasteiger partial charge < -0.3 is 9.32 Å². The first-order chi connectivity index (χ1) is 24.1. The van der Waals surface area contributed by atoms with Gasteiger partial charge in [-0.2, -0.15) is 0 Å². The second kappa shape index (κ2) is 10.4. The van der Waals surface area contributed by atoms with E-state index >= 15 is 0 Å². The molecule has 0 aliphatic carbocycles. The van der Waals surface area contributed by atoms with Crippen LogP contribution in [0.3, 0.4) is 0 Å². The molecule has 1 aliphatic heterocycles. The molecule has 0 saturated heterocycles. The van der Waals surface area contributed by atoms with E-state index in [9.17, 15) is 0 Å². The highest BCUT2D eigenvalue weighted by Gasteiger charge is 2.36. The second-order valence-corrected chi connectivity index (χ2v) is 13.6. The first kappa shape index (κ1) is 27.9. The minimum Gasteiger partial charge on any atom is -0.455 e. The van der Waals surface area contributed by atoms with Crippen LogP contribution in [-0.4, -0.2) is 4.98 Å². The Bertz CT molecular complexity index is 2690. The molecule has 49 heavy (non-hydrogen) atoms. The molecule has 0 amide bonds. The minimum absolute atomic E-state index is 0.0959. The van der Waals surface area contributed by atoms with Crippen molar-refractivity contribution >= 4 is 60.5 Å². The molecule has 7 aromatic carbocycles. The summed E-state index contributed by atoms with van der Waals surface area (Å²) in [6.07, 6.45) is 0. The molecule has 0 fully saturated rings. The smallest absolute Gasteiger partial charge is 0.143 e. The summed E-state index contributed by atoms with van der Waals surface area (Å²) in [5.74, 6) is 0. The molecule has 9 aromatic rings. The topological polar surface area (TPSA) is 29.3 Å². The molecule has 3 heteroatoms. The third-order valence-corrected chi connectivity index (χ3v) is 10.4. The molecule has 0 saturated carbocycles. The first-order valence-electron chi connectivity index (χ1n) is 16.9. The number of fused-ring (bicyclic) bond motifs is 9. The number of rotatable bonds is 3. The molecule has 10 rings (SSSR count). The van der Waals surface area contributed by atoms with Crippen LogP contribution in [0.1, 0.15) is 25.0 Å². The molecular formula is C46H32N2O. The van der Waals surface area contributed by atoms with Crippen molar-refractivity contribution in [2.24, 2.45) is 0 Å². The van der Waals surface area contributed by atoms with Gasteiger partial charge >= 0.3 is 0 Å². The van der Waals surface area contributed by atoms with Crippen LogP contribution in [0.5, 0.6) is 0 Å². The Morgan fingerprint density at radius 1 is 0.531 bits per heavy atom. The number of pyridine rings is 1. The fourth-order valence-corrected chi connectivity index (χ4v) is 8.02. The van der Waals surface area contributed by atoms with E-state index in [0.29, 0.717) is 0 Å². The maximum atomic E-state index is 6.59. The summed E-state index contributed by atoms with van der Waals surface area (Å²) >= 11 is 0. The number of benzene rings is 7.